The average molecular weight is 537 g/mol. The zero-order valence-corrected chi connectivity index (χ0v) is 22.1. The van der Waals surface area contributed by atoms with Gasteiger partial charge in [0.05, 0.1) is 13.2 Å². The molecule has 2 aromatic heterocycles. The molecule has 38 heavy (non-hydrogen) atoms. The van der Waals surface area contributed by atoms with Gasteiger partial charge in [-0.3, -0.25) is 19.1 Å². The second-order valence-corrected chi connectivity index (χ2v) is 11.1. The Kier molecular flexibility index (Phi) is 7.03. The number of H-pyrrole nitrogens is 1. The van der Waals surface area contributed by atoms with Gasteiger partial charge in [0.1, 0.15) is 11.5 Å². The summed E-state index contributed by atoms with van der Waals surface area (Å²) in [6.07, 6.45) is 4.79. The first kappa shape index (κ1) is 24.9. The maximum atomic E-state index is 13.0. The first-order chi connectivity index (χ1) is 18.5. The minimum Gasteiger partial charge on any atom is -0.378 e. The smallest absolute Gasteiger partial charge is 0.329 e. The summed E-state index contributed by atoms with van der Waals surface area (Å²) in [7, 11) is 0. The predicted octanol–water partition coefficient (Wildman–Crippen LogP) is 2.61. The van der Waals surface area contributed by atoms with Crippen molar-refractivity contribution in [3.8, 4) is 0 Å². The Morgan fingerprint density at radius 3 is 2.66 bits per heavy atom. The van der Waals surface area contributed by atoms with Crippen LogP contribution in [0.15, 0.2) is 39.2 Å². The van der Waals surface area contributed by atoms with Gasteiger partial charge in [-0.05, 0) is 61.3 Å². The van der Waals surface area contributed by atoms with Crippen LogP contribution in [0.1, 0.15) is 40.9 Å². The number of aromatic amines is 1. The molecule has 1 amide bonds. The zero-order chi connectivity index (χ0) is 26.1. The largest absolute Gasteiger partial charge is 0.378 e. The van der Waals surface area contributed by atoms with E-state index >= 15 is 0 Å². The molecule has 11 heteroatoms. The van der Waals surface area contributed by atoms with Crippen molar-refractivity contribution in [1.29, 1.82) is 0 Å². The van der Waals surface area contributed by atoms with Gasteiger partial charge in [0.25, 0.3) is 11.5 Å². The first-order valence-electron chi connectivity index (χ1n) is 13.3. The van der Waals surface area contributed by atoms with E-state index in [0.717, 1.165) is 49.6 Å². The van der Waals surface area contributed by atoms with E-state index in [1.807, 2.05) is 16.3 Å². The number of hydrogen-bond donors (Lipinski definition) is 2. The molecule has 3 aromatic rings. The van der Waals surface area contributed by atoms with E-state index in [9.17, 15) is 14.4 Å². The van der Waals surface area contributed by atoms with Crippen molar-refractivity contribution >= 4 is 33.9 Å². The topological polar surface area (TPSA) is 113 Å². The van der Waals surface area contributed by atoms with Gasteiger partial charge in [-0.2, -0.15) is 0 Å². The van der Waals surface area contributed by atoms with Gasteiger partial charge in [0.2, 0.25) is 0 Å². The van der Waals surface area contributed by atoms with Gasteiger partial charge in [-0.15, -0.1) is 11.3 Å². The van der Waals surface area contributed by atoms with Gasteiger partial charge >= 0.3 is 5.69 Å². The normalized spacial score (nSPS) is 18.0. The fourth-order valence-electron chi connectivity index (χ4n) is 5.57. The summed E-state index contributed by atoms with van der Waals surface area (Å²) in [6.45, 7) is 4.43. The number of piperidine rings is 1. The SMILES string of the molecule is O=C(c1csc(N2CCOCC2)n1)N1CCC(Cn2c(=O)cc(Nc3ccc4c(c3)CCC4)[nH]c2=O)CC1. The van der Waals surface area contributed by atoms with Crippen LogP contribution >= 0.6 is 11.3 Å². The summed E-state index contributed by atoms with van der Waals surface area (Å²) in [5.74, 6) is 0.484. The Balaban J connectivity index is 1.05. The van der Waals surface area contributed by atoms with Crippen LogP contribution in [0.2, 0.25) is 0 Å². The minimum atomic E-state index is -0.419. The van der Waals surface area contributed by atoms with E-state index in [0.29, 0.717) is 44.4 Å². The van der Waals surface area contributed by atoms with Crippen LogP contribution in [0.4, 0.5) is 16.6 Å². The molecule has 0 atom stereocenters. The molecule has 6 rings (SSSR count). The number of benzene rings is 1. The lowest BCUT2D eigenvalue weighted by atomic mass is 9.96. The summed E-state index contributed by atoms with van der Waals surface area (Å²) in [5, 5.41) is 5.87. The molecule has 0 radical (unpaired) electrons. The molecule has 1 aliphatic carbocycles. The number of nitrogens with one attached hydrogen (secondary N) is 2. The van der Waals surface area contributed by atoms with E-state index in [4.69, 9.17) is 4.74 Å². The Hall–Kier alpha value is -3.44. The van der Waals surface area contributed by atoms with Crippen LogP contribution in [0.3, 0.4) is 0 Å². The molecule has 0 spiro atoms. The molecule has 0 bridgehead atoms. The summed E-state index contributed by atoms with van der Waals surface area (Å²) < 4.78 is 6.66. The number of carbonyl (C=O) groups is 1. The molecule has 0 unspecified atom stereocenters. The Morgan fingerprint density at radius 1 is 1.08 bits per heavy atom. The maximum absolute atomic E-state index is 13.0. The fraction of sp³-hybridized carbons (Fsp3) is 0.481. The van der Waals surface area contributed by atoms with Gasteiger partial charge in [-0.1, -0.05) is 6.07 Å². The number of fused-ring (bicyclic) bond motifs is 1. The number of rotatable bonds is 6. The molecule has 1 aromatic carbocycles. The molecule has 4 heterocycles. The molecule has 2 fully saturated rings. The third-order valence-electron chi connectivity index (χ3n) is 7.73. The Labute approximate surface area is 224 Å². The van der Waals surface area contributed by atoms with Crippen molar-refractivity contribution < 1.29 is 9.53 Å². The third kappa shape index (κ3) is 5.25. The molecule has 3 aliphatic rings. The van der Waals surface area contributed by atoms with E-state index in [1.165, 1.54) is 39.5 Å². The lowest BCUT2D eigenvalue weighted by Crippen LogP contribution is -2.42. The van der Waals surface area contributed by atoms with Gasteiger partial charge in [0.15, 0.2) is 5.13 Å². The fourth-order valence-corrected chi connectivity index (χ4v) is 6.42. The molecule has 10 nitrogen and oxygen atoms in total. The number of aromatic nitrogens is 3. The van der Waals surface area contributed by atoms with Crippen LogP contribution in [-0.4, -0.2) is 64.7 Å². The molecule has 0 saturated carbocycles. The van der Waals surface area contributed by atoms with Crippen molar-refractivity contribution in [1.82, 2.24) is 19.4 Å². The van der Waals surface area contributed by atoms with E-state index in [-0.39, 0.29) is 17.4 Å². The van der Waals surface area contributed by atoms with Gasteiger partial charge < -0.3 is 19.9 Å². The third-order valence-corrected chi connectivity index (χ3v) is 8.63. The number of carbonyl (C=O) groups excluding carboxylic acids is 1. The van der Waals surface area contributed by atoms with Crippen LogP contribution in [0, 0.1) is 5.92 Å². The second kappa shape index (κ2) is 10.7. The molecule has 2 N–H and O–H groups in total. The molecule has 2 aliphatic heterocycles. The number of anilines is 3. The quantitative estimate of drug-likeness (QED) is 0.498. The number of amides is 1. The van der Waals surface area contributed by atoms with Crippen LogP contribution in [-0.2, 0) is 24.1 Å². The maximum Gasteiger partial charge on any atom is 0.329 e. The van der Waals surface area contributed by atoms with E-state index in [2.05, 4.69) is 32.3 Å². The Bertz CT molecular complexity index is 1400. The molecular weight excluding hydrogens is 504 g/mol. The van der Waals surface area contributed by atoms with Crippen LogP contribution in [0.5, 0.6) is 0 Å². The van der Waals surface area contributed by atoms with Crippen molar-refractivity contribution in [3.63, 3.8) is 0 Å². The number of likely N-dealkylation sites (tertiary alicyclic amines) is 1. The summed E-state index contributed by atoms with van der Waals surface area (Å²) in [4.78, 5) is 50.0. The van der Waals surface area contributed by atoms with Crippen molar-refractivity contribution in [2.75, 3.05) is 49.6 Å². The molecule has 200 valence electrons. The summed E-state index contributed by atoms with van der Waals surface area (Å²) >= 11 is 1.49. The van der Waals surface area contributed by atoms with Crippen molar-refractivity contribution in [2.24, 2.45) is 5.92 Å². The summed E-state index contributed by atoms with van der Waals surface area (Å²) in [5.41, 5.74) is 3.30. The van der Waals surface area contributed by atoms with Crippen LogP contribution < -0.4 is 21.5 Å². The second-order valence-electron chi connectivity index (χ2n) is 10.2. The number of hydrogen-bond acceptors (Lipinski definition) is 8. The highest BCUT2D eigenvalue weighted by atomic mass is 32.1. The molecule has 2 saturated heterocycles. The highest BCUT2D eigenvalue weighted by Gasteiger charge is 2.27. The van der Waals surface area contributed by atoms with Crippen LogP contribution in [0.25, 0.3) is 0 Å². The lowest BCUT2D eigenvalue weighted by molar-refractivity contribution is 0.0676. The highest BCUT2D eigenvalue weighted by molar-refractivity contribution is 7.13. The summed E-state index contributed by atoms with van der Waals surface area (Å²) in [6, 6.07) is 7.63. The van der Waals surface area contributed by atoms with Crippen molar-refractivity contribution in [2.45, 2.75) is 38.6 Å². The number of thiazole rings is 1. The molecular formula is C27H32N6O4S. The zero-order valence-electron chi connectivity index (χ0n) is 21.3. The lowest BCUT2D eigenvalue weighted by Gasteiger charge is -2.31. The number of morpholine rings is 1. The monoisotopic (exact) mass is 536 g/mol. The number of aryl methyl sites for hydroxylation is 2. The minimum absolute atomic E-state index is 0.0591. The van der Waals surface area contributed by atoms with E-state index < -0.39 is 5.69 Å². The number of ether oxygens (including phenoxy) is 1. The number of nitrogens with zero attached hydrogens (tertiary/aromatic N) is 4. The standard InChI is InChI=1S/C27H32N6O4S/c34-24-15-23(28-21-5-4-19-2-1-3-20(19)14-21)30-26(36)33(24)16-18-6-8-31(9-7-18)25(35)22-17-38-27(29-22)32-10-12-37-13-11-32/h4-5,14-15,17-18,28H,1-3,6-13,16H2,(H,30,36). The van der Waals surface area contributed by atoms with E-state index in [1.54, 1.807) is 0 Å². The average Bonchev–Trinajstić information content (AvgIpc) is 3.61. The Morgan fingerprint density at radius 2 is 1.87 bits per heavy atom. The van der Waals surface area contributed by atoms with Crippen molar-refractivity contribution in [3.05, 3.63) is 67.3 Å². The highest BCUT2D eigenvalue weighted by Crippen LogP contribution is 2.27. The van der Waals surface area contributed by atoms with Gasteiger partial charge in [-0.25, -0.2) is 9.78 Å². The van der Waals surface area contributed by atoms with Gasteiger partial charge in [0, 0.05) is 49.9 Å². The predicted molar refractivity (Wildman–Crippen MR) is 147 cm³/mol. The first-order valence-corrected chi connectivity index (χ1v) is 14.2.